The third kappa shape index (κ3) is 5.38. The van der Waals surface area contributed by atoms with Crippen molar-refractivity contribution in [3.8, 4) is 28.6 Å². The summed E-state index contributed by atoms with van der Waals surface area (Å²) >= 11 is 0. The lowest BCUT2D eigenvalue weighted by atomic mass is 10.2. The summed E-state index contributed by atoms with van der Waals surface area (Å²) in [6, 6.07) is 12.6. The van der Waals surface area contributed by atoms with Crippen molar-refractivity contribution in [2.24, 2.45) is 0 Å². The summed E-state index contributed by atoms with van der Waals surface area (Å²) in [5.41, 5.74) is 1.54. The van der Waals surface area contributed by atoms with Crippen molar-refractivity contribution in [1.29, 1.82) is 0 Å². The smallest absolute Gasteiger partial charge is 0.331 e. The molecule has 1 heterocycles. The molecule has 0 radical (unpaired) electrons. The molecule has 0 N–H and O–H groups in total. The Balaban J connectivity index is 1.56. The summed E-state index contributed by atoms with van der Waals surface area (Å²) in [4.78, 5) is 16.2. The number of ether oxygens (including phenoxy) is 4. The fraction of sp³-hybridized carbons (Fsp3) is 0.227. The van der Waals surface area contributed by atoms with Gasteiger partial charge in [-0.05, 0) is 55.0 Å². The molecule has 0 unspecified atom stereocenters. The molecule has 1 aromatic heterocycles. The molecular weight excluding hydrogens is 388 g/mol. The van der Waals surface area contributed by atoms with Crippen molar-refractivity contribution in [2.75, 3.05) is 20.8 Å². The minimum atomic E-state index is -0.535. The summed E-state index contributed by atoms with van der Waals surface area (Å²) in [7, 11) is 3.15. The summed E-state index contributed by atoms with van der Waals surface area (Å²) in [6.07, 6.45) is 2.94. The Kier molecular flexibility index (Phi) is 7.05. The molecule has 0 atom stereocenters. The number of benzene rings is 2. The van der Waals surface area contributed by atoms with E-state index >= 15 is 0 Å². The molecule has 0 amide bonds. The van der Waals surface area contributed by atoms with E-state index in [0.717, 1.165) is 16.9 Å². The highest BCUT2D eigenvalue weighted by Gasteiger charge is 2.10. The molecule has 0 fully saturated rings. The summed E-state index contributed by atoms with van der Waals surface area (Å²) < 4.78 is 26.2. The second-order valence-corrected chi connectivity index (χ2v) is 6.02. The van der Waals surface area contributed by atoms with Gasteiger partial charge in [-0.3, -0.25) is 0 Å². The third-order valence-corrected chi connectivity index (χ3v) is 4.05. The Labute approximate surface area is 174 Å². The summed E-state index contributed by atoms with van der Waals surface area (Å²) in [6.45, 7) is 2.30. The Morgan fingerprint density at radius 1 is 1.07 bits per heavy atom. The number of hydrogen-bond donors (Lipinski definition) is 0. The number of rotatable bonds is 9. The normalized spacial score (nSPS) is 10.8. The predicted octanol–water partition coefficient (Wildman–Crippen LogP) is 3.91. The average Bonchev–Trinajstić information content (AvgIpc) is 3.26. The van der Waals surface area contributed by atoms with Crippen LogP contribution < -0.4 is 14.2 Å². The molecule has 0 saturated heterocycles. The van der Waals surface area contributed by atoms with Crippen molar-refractivity contribution >= 4 is 12.0 Å². The monoisotopic (exact) mass is 410 g/mol. The Hall–Kier alpha value is -3.81. The van der Waals surface area contributed by atoms with Crippen LogP contribution in [0.25, 0.3) is 17.5 Å². The van der Waals surface area contributed by atoms with Gasteiger partial charge in [0.25, 0.3) is 5.89 Å². The zero-order valence-corrected chi connectivity index (χ0v) is 17.0. The molecular formula is C22H22N2O6. The first-order chi connectivity index (χ1) is 14.6. The Morgan fingerprint density at radius 2 is 1.87 bits per heavy atom. The minimum absolute atomic E-state index is 0.126. The molecule has 30 heavy (non-hydrogen) atoms. The second kappa shape index (κ2) is 10.1. The lowest BCUT2D eigenvalue weighted by molar-refractivity contribution is -0.139. The predicted molar refractivity (Wildman–Crippen MR) is 109 cm³/mol. The molecule has 156 valence electrons. The lowest BCUT2D eigenvalue weighted by Gasteiger charge is -2.09. The van der Waals surface area contributed by atoms with E-state index in [4.69, 9.17) is 23.5 Å². The van der Waals surface area contributed by atoms with Crippen molar-refractivity contribution in [1.82, 2.24) is 10.1 Å². The minimum Gasteiger partial charge on any atom is -0.497 e. The van der Waals surface area contributed by atoms with Crippen molar-refractivity contribution in [2.45, 2.75) is 13.5 Å². The molecule has 0 aliphatic heterocycles. The fourth-order valence-electron chi connectivity index (χ4n) is 2.58. The van der Waals surface area contributed by atoms with Crippen LogP contribution >= 0.6 is 0 Å². The van der Waals surface area contributed by atoms with Crippen LogP contribution in [0.1, 0.15) is 18.4 Å². The topological polar surface area (TPSA) is 92.9 Å². The molecule has 3 aromatic rings. The molecule has 8 nitrogen and oxygen atoms in total. The molecule has 0 aliphatic carbocycles. The van der Waals surface area contributed by atoms with Gasteiger partial charge in [0.2, 0.25) is 5.82 Å². The highest BCUT2D eigenvalue weighted by atomic mass is 16.6. The van der Waals surface area contributed by atoms with Gasteiger partial charge in [0.15, 0.2) is 18.1 Å². The maximum Gasteiger partial charge on any atom is 0.331 e. The van der Waals surface area contributed by atoms with E-state index in [1.54, 1.807) is 44.6 Å². The van der Waals surface area contributed by atoms with Crippen LogP contribution in [0, 0.1) is 0 Å². The van der Waals surface area contributed by atoms with E-state index in [0.29, 0.717) is 23.9 Å². The quantitative estimate of drug-likeness (QED) is 0.387. The van der Waals surface area contributed by atoms with Gasteiger partial charge < -0.3 is 23.5 Å². The van der Waals surface area contributed by atoms with E-state index in [-0.39, 0.29) is 12.5 Å². The average molecular weight is 410 g/mol. The van der Waals surface area contributed by atoms with Crippen LogP contribution in [-0.2, 0) is 16.1 Å². The van der Waals surface area contributed by atoms with Crippen LogP contribution in [0.15, 0.2) is 53.1 Å². The van der Waals surface area contributed by atoms with Gasteiger partial charge in [0.05, 0.1) is 20.8 Å². The maximum atomic E-state index is 12.0. The molecule has 0 saturated carbocycles. The number of esters is 1. The van der Waals surface area contributed by atoms with Gasteiger partial charge in [-0.15, -0.1) is 0 Å². The molecule has 2 aromatic carbocycles. The number of aromatic nitrogens is 2. The number of carbonyl (C=O) groups excluding carboxylic acids is 1. The van der Waals surface area contributed by atoms with Gasteiger partial charge in [-0.2, -0.15) is 4.98 Å². The molecule has 0 bridgehead atoms. The van der Waals surface area contributed by atoms with Gasteiger partial charge in [0, 0.05) is 11.6 Å². The summed E-state index contributed by atoms with van der Waals surface area (Å²) in [5, 5.41) is 3.89. The van der Waals surface area contributed by atoms with Crippen LogP contribution in [0.4, 0.5) is 0 Å². The largest absolute Gasteiger partial charge is 0.497 e. The second-order valence-electron chi connectivity index (χ2n) is 6.02. The number of methoxy groups -OCH3 is 2. The SMILES string of the molecule is CCOc1ccc(/C=C/C(=O)OCc2nc(-c3ccc(OC)cc3)no2)cc1OC. The highest BCUT2D eigenvalue weighted by Crippen LogP contribution is 2.28. The first kappa shape index (κ1) is 20.9. The standard InChI is InChI=1S/C22H22N2O6/c1-4-28-18-11-5-15(13-19(18)27-3)6-12-21(25)29-14-20-23-22(24-30-20)16-7-9-17(26-2)10-8-16/h5-13H,4,14H2,1-3H3/b12-6+. The van der Waals surface area contributed by atoms with Gasteiger partial charge >= 0.3 is 5.97 Å². The van der Waals surface area contributed by atoms with Crippen LogP contribution in [0.5, 0.6) is 17.2 Å². The third-order valence-electron chi connectivity index (χ3n) is 4.05. The first-order valence-corrected chi connectivity index (χ1v) is 9.25. The van der Waals surface area contributed by atoms with E-state index < -0.39 is 5.97 Å². The molecule has 3 rings (SSSR count). The van der Waals surface area contributed by atoms with E-state index in [1.807, 2.05) is 25.1 Å². The van der Waals surface area contributed by atoms with Gasteiger partial charge in [0.1, 0.15) is 5.75 Å². The zero-order valence-electron chi connectivity index (χ0n) is 17.0. The molecule has 0 aliphatic rings. The lowest BCUT2D eigenvalue weighted by Crippen LogP contribution is -2.01. The maximum absolute atomic E-state index is 12.0. The number of nitrogens with zero attached hydrogens (tertiary/aromatic N) is 2. The van der Waals surface area contributed by atoms with Crippen molar-refractivity contribution in [3.05, 3.63) is 60.0 Å². The van der Waals surface area contributed by atoms with Gasteiger partial charge in [-0.1, -0.05) is 11.2 Å². The van der Waals surface area contributed by atoms with Crippen molar-refractivity contribution in [3.63, 3.8) is 0 Å². The van der Waals surface area contributed by atoms with Crippen LogP contribution in [-0.4, -0.2) is 36.9 Å². The van der Waals surface area contributed by atoms with Crippen LogP contribution in [0.2, 0.25) is 0 Å². The Morgan fingerprint density at radius 3 is 2.57 bits per heavy atom. The Bertz CT molecular complexity index is 1010. The van der Waals surface area contributed by atoms with Crippen LogP contribution in [0.3, 0.4) is 0 Å². The number of carbonyl (C=O) groups is 1. The zero-order chi connectivity index (χ0) is 21.3. The van der Waals surface area contributed by atoms with E-state index in [9.17, 15) is 4.79 Å². The first-order valence-electron chi connectivity index (χ1n) is 9.25. The summed E-state index contributed by atoms with van der Waals surface area (Å²) in [5.74, 6) is 2.03. The van der Waals surface area contributed by atoms with E-state index in [1.165, 1.54) is 6.08 Å². The molecule has 8 heteroatoms. The van der Waals surface area contributed by atoms with Gasteiger partial charge in [-0.25, -0.2) is 4.79 Å². The fourth-order valence-corrected chi connectivity index (χ4v) is 2.58. The van der Waals surface area contributed by atoms with Crippen molar-refractivity contribution < 1.29 is 28.3 Å². The molecule has 0 spiro atoms. The number of hydrogen-bond acceptors (Lipinski definition) is 8. The highest BCUT2D eigenvalue weighted by molar-refractivity contribution is 5.87. The van der Waals surface area contributed by atoms with E-state index in [2.05, 4.69) is 10.1 Å².